The molecule has 0 unspecified atom stereocenters. The Bertz CT molecular complexity index is 209. The second-order valence-corrected chi connectivity index (χ2v) is 2.14. The molecule has 1 rings (SSSR count). The van der Waals surface area contributed by atoms with Crippen LogP contribution in [-0.2, 0) is 0 Å². The van der Waals surface area contributed by atoms with Gasteiger partial charge < -0.3 is 21.6 Å². The Kier molecular flexibility index (Phi) is 1.94. The fraction of sp³-hybridized carbons (Fsp3) is 0.333. The molecule has 0 bridgehead atoms. The summed E-state index contributed by atoms with van der Waals surface area (Å²) in [6, 6.07) is 1.39. The highest BCUT2D eigenvalue weighted by Gasteiger charge is 2.07. The fourth-order valence-corrected chi connectivity index (χ4v) is 0.816. The number of hydrogen-bond donors (Lipinski definition) is 4. The summed E-state index contributed by atoms with van der Waals surface area (Å²) in [5.41, 5.74) is 11.7. The van der Waals surface area contributed by atoms with Crippen LogP contribution >= 0.6 is 0 Å². The maximum absolute atomic E-state index is 8.64. The van der Waals surface area contributed by atoms with Crippen molar-refractivity contribution in [3.63, 3.8) is 0 Å². The van der Waals surface area contributed by atoms with Crippen molar-refractivity contribution in [1.29, 1.82) is 0 Å². The third-order valence-electron chi connectivity index (χ3n) is 1.41. The van der Waals surface area contributed by atoms with Crippen LogP contribution in [0.15, 0.2) is 12.3 Å². The number of hydrogen-bond acceptors (Lipinski definition) is 3. The number of rotatable bonds is 2. The Morgan fingerprint density at radius 1 is 1.70 bits per heavy atom. The third-order valence-corrected chi connectivity index (χ3v) is 1.41. The SMILES string of the molecule is Nc1[nH]ccc1[C@@H](N)CO. The lowest BCUT2D eigenvalue weighted by molar-refractivity contribution is 0.268. The van der Waals surface area contributed by atoms with Crippen molar-refractivity contribution in [3.8, 4) is 0 Å². The molecular weight excluding hydrogens is 130 g/mol. The Morgan fingerprint density at radius 2 is 2.40 bits per heavy atom. The summed E-state index contributed by atoms with van der Waals surface area (Å²) in [6.45, 7) is -0.0813. The van der Waals surface area contributed by atoms with E-state index in [9.17, 15) is 0 Å². The molecule has 4 heteroatoms. The van der Waals surface area contributed by atoms with Crippen molar-refractivity contribution >= 4 is 5.82 Å². The molecule has 0 aliphatic carbocycles. The van der Waals surface area contributed by atoms with Crippen LogP contribution in [0.1, 0.15) is 11.6 Å². The molecular formula is C6H11N3O. The van der Waals surface area contributed by atoms with Crippen LogP contribution in [-0.4, -0.2) is 16.7 Å². The zero-order valence-corrected chi connectivity index (χ0v) is 5.54. The molecule has 10 heavy (non-hydrogen) atoms. The minimum atomic E-state index is -0.369. The van der Waals surface area contributed by atoms with Crippen LogP contribution in [0, 0.1) is 0 Å². The monoisotopic (exact) mass is 141 g/mol. The van der Waals surface area contributed by atoms with E-state index < -0.39 is 0 Å². The van der Waals surface area contributed by atoms with E-state index in [2.05, 4.69) is 4.98 Å². The Labute approximate surface area is 58.8 Å². The first-order valence-electron chi connectivity index (χ1n) is 3.05. The average molecular weight is 141 g/mol. The molecule has 1 atom stereocenters. The Hall–Kier alpha value is -1.00. The molecule has 0 spiro atoms. The summed E-state index contributed by atoms with van der Waals surface area (Å²) < 4.78 is 0. The number of nitrogens with two attached hydrogens (primary N) is 2. The summed E-state index contributed by atoms with van der Waals surface area (Å²) >= 11 is 0. The van der Waals surface area contributed by atoms with Crippen molar-refractivity contribution in [2.45, 2.75) is 6.04 Å². The van der Waals surface area contributed by atoms with Crippen LogP contribution < -0.4 is 11.5 Å². The zero-order chi connectivity index (χ0) is 7.56. The Morgan fingerprint density at radius 3 is 2.80 bits per heavy atom. The topological polar surface area (TPSA) is 88.1 Å². The van der Waals surface area contributed by atoms with Gasteiger partial charge in [-0.3, -0.25) is 0 Å². The molecule has 56 valence electrons. The first-order valence-corrected chi connectivity index (χ1v) is 3.05. The molecule has 4 nitrogen and oxygen atoms in total. The highest BCUT2D eigenvalue weighted by molar-refractivity contribution is 5.41. The van der Waals surface area contributed by atoms with Gasteiger partial charge in [-0.15, -0.1) is 0 Å². The van der Waals surface area contributed by atoms with Crippen molar-refractivity contribution < 1.29 is 5.11 Å². The van der Waals surface area contributed by atoms with Gasteiger partial charge >= 0.3 is 0 Å². The second-order valence-electron chi connectivity index (χ2n) is 2.14. The van der Waals surface area contributed by atoms with Crippen molar-refractivity contribution in [1.82, 2.24) is 4.98 Å². The number of nitrogens with one attached hydrogen (secondary N) is 1. The molecule has 1 aromatic rings. The van der Waals surface area contributed by atoms with Gasteiger partial charge in [0.15, 0.2) is 0 Å². The number of aromatic nitrogens is 1. The zero-order valence-electron chi connectivity index (χ0n) is 5.54. The lowest BCUT2D eigenvalue weighted by Crippen LogP contribution is -2.15. The highest BCUT2D eigenvalue weighted by atomic mass is 16.3. The molecule has 0 saturated carbocycles. The van der Waals surface area contributed by atoms with Gasteiger partial charge in [-0.2, -0.15) is 0 Å². The van der Waals surface area contributed by atoms with E-state index in [-0.39, 0.29) is 12.6 Å². The number of aliphatic hydroxyl groups excluding tert-OH is 1. The fourth-order valence-electron chi connectivity index (χ4n) is 0.816. The molecule has 1 heterocycles. The largest absolute Gasteiger partial charge is 0.394 e. The molecule has 0 amide bonds. The highest BCUT2D eigenvalue weighted by Crippen LogP contribution is 2.15. The number of anilines is 1. The predicted molar refractivity (Wildman–Crippen MR) is 39.2 cm³/mol. The molecule has 0 fully saturated rings. The average Bonchev–Trinajstić information content (AvgIpc) is 2.34. The van der Waals surface area contributed by atoms with E-state index in [0.717, 1.165) is 5.56 Å². The first kappa shape index (κ1) is 7.11. The first-order chi connectivity index (χ1) is 4.75. The van der Waals surface area contributed by atoms with E-state index in [1.165, 1.54) is 0 Å². The molecule has 0 aliphatic rings. The molecule has 0 aliphatic heterocycles. The maximum Gasteiger partial charge on any atom is 0.105 e. The van der Waals surface area contributed by atoms with Crippen LogP contribution in [0.25, 0.3) is 0 Å². The quantitative estimate of drug-likeness (QED) is 0.451. The second kappa shape index (κ2) is 2.72. The van der Waals surface area contributed by atoms with E-state index in [0.29, 0.717) is 5.82 Å². The standard InChI is InChI=1S/C6H11N3O/c7-5(3-10)4-1-2-9-6(4)8/h1-2,5,9-10H,3,7-8H2/t5-/m0/s1. The lowest BCUT2D eigenvalue weighted by atomic mass is 10.1. The molecule has 0 saturated heterocycles. The van der Waals surface area contributed by atoms with E-state index in [1.807, 2.05) is 0 Å². The summed E-state index contributed by atoms with van der Waals surface area (Å²) in [5.74, 6) is 0.529. The summed E-state index contributed by atoms with van der Waals surface area (Å²) in [7, 11) is 0. The number of aliphatic hydroxyl groups is 1. The molecule has 6 N–H and O–H groups in total. The smallest absolute Gasteiger partial charge is 0.105 e. The van der Waals surface area contributed by atoms with Crippen LogP contribution in [0.4, 0.5) is 5.82 Å². The minimum Gasteiger partial charge on any atom is -0.394 e. The van der Waals surface area contributed by atoms with Crippen LogP contribution in [0.2, 0.25) is 0 Å². The summed E-state index contributed by atoms with van der Waals surface area (Å²) in [5, 5.41) is 8.64. The normalized spacial score (nSPS) is 13.4. The van der Waals surface area contributed by atoms with Crippen LogP contribution in [0.3, 0.4) is 0 Å². The van der Waals surface area contributed by atoms with Crippen molar-refractivity contribution in [2.24, 2.45) is 5.73 Å². The number of aromatic amines is 1. The molecule has 0 aromatic carbocycles. The summed E-state index contributed by atoms with van der Waals surface area (Å²) in [6.07, 6.45) is 1.69. The van der Waals surface area contributed by atoms with Gasteiger partial charge in [-0.05, 0) is 6.07 Å². The van der Waals surface area contributed by atoms with E-state index in [4.69, 9.17) is 16.6 Å². The van der Waals surface area contributed by atoms with Gasteiger partial charge in [0, 0.05) is 11.8 Å². The van der Waals surface area contributed by atoms with Gasteiger partial charge in [0.25, 0.3) is 0 Å². The Balaban J connectivity index is 2.82. The third kappa shape index (κ3) is 1.12. The van der Waals surface area contributed by atoms with Crippen molar-refractivity contribution in [3.05, 3.63) is 17.8 Å². The number of H-pyrrole nitrogens is 1. The molecule has 1 aromatic heterocycles. The maximum atomic E-state index is 8.64. The van der Waals surface area contributed by atoms with Gasteiger partial charge in [0.05, 0.1) is 12.6 Å². The lowest BCUT2D eigenvalue weighted by Gasteiger charge is -2.05. The van der Waals surface area contributed by atoms with Crippen molar-refractivity contribution in [2.75, 3.05) is 12.3 Å². The number of nitrogen functional groups attached to an aromatic ring is 1. The summed E-state index contributed by atoms with van der Waals surface area (Å²) in [4.78, 5) is 2.77. The van der Waals surface area contributed by atoms with Crippen LogP contribution in [0.5, 0.6) is 0 Å². The van der Waals surface area contributed by atoms with Gasteiger partial charge in [0.2, 0.25) is 0 Å². The van der Waals surface area contributed by atoms with Gasteiger partial charge in [-0.25, -0.2) is 0 Å². The van der Waals surface area contributed by atoms with Gasteiger partial charge in [-0.1, -0.05) is 0 Å². The van der Waals surface area contributed by atoms with E-state index >= 15 is 0 Å². The minimum absolute atomic E-state index is 0.0813. The predicted octanol–water partition coefficient (Wildman–Crippen LogP) is -0.411. The van der Waals surface area contributed by atoms with Gasteiger partial charge in [0.1, 0.15) is 5.82 Å². The molecule has 0 radical (unpaired) electrons. The van der Waals surface area contributed by atoms with E-state index in [1.54, 1.807) is 12.3 Å².